The van der Waals surface area contributed by atoms with Crippen LogP contribution in [-0.2, 0) is 14.3 Å². The topological polar surface area (TPSA) is 61.5 Å². The van der Waals surface area contributed by atoms with Crippen molar-refractivity contribution in [2.45, 2.75) is 71.8 Å². The molecule has 4 nitrogen and oxygen atoms in total. The Morgan fingerprint density at radius 2 is 1.50 bits per heavy atom. The number of hydrogen-bond donors (Lipinski definition) is 1. The molecule has 0 saturated carbocycles. The summed E-state index contributed by atoms with van der Waals surface area (Å²) in [7, 11) is 0. The maximum atomic E-state index is 11.7. The Labute approximate surface area is 98.5 Å². The molecule has 0 aliphatic carbocycles. The van der Waals surface area contributed by atoms with E-state index in [9.17, 15) is 4.79 Å². The standard InChI is InChI=1S/C12H25NO3/c1-8(15-11(2,3)4)9(13)10(14)16-12(5,6)7/h8-9H,13H2,1-7H3/t8-,9+/m0/s1. The molecule has 0 spiro atoms. The van der Waals surface area contributed by atoms with Crippen LogP contribution in [0.25, 0.3) is 0 Å². The van der Waals surface area contributed by atoms with Gasteiger partial charge in [0.05, 0.1) is 11.7 Å². The van der Waals surface area contributed by atoms with Gasteiger partial charge in [-0.3, -0.25) is 4.79 Å². The van der Waals surface area contributed by atoms with E-state index < -0.39 is 17.6 Å². The van der Waals surface area contributed by atoms with Gasteiger partial charge < -0.3 is 15.2 Å². The fourth-order valence-corrected chi connectivity index (χ4v) is 1.19. The molecule has 16 heavy (non-hydrogen) atoms. The fraction of sp³-hybridized carbons (Fsp3) is 0.917. The van der Waals surface area contributed by atoms with Crippen LogP contribution >= 0.6 is 0 Å². The molecule has 0 aromatic rings. The lowest BCUT2D eigenvalue weighted by molar-refractivity contribution is -0.162. The zero-order chi connectivity index (χ0) is 13.1. The monoisotopic (exact) mass is 231 g/mol. The second kappa shape index (κ2) is 5.15. The third kappa shape index (κ3) is 6.80. The van der Waals surface area contributed by atoms with Gasteiger partial charge in [-0.05, 0) is 48.5 Å². The summed E-state index contributed by atoms with van der Waals surface area (Å²) in [5.41, 5.74) is 4.94. The Morgan fingerprint density at radius 3 is 1.81 bits per heavy atom. The Balaban J connectivity index is 4.34. The minimum Gasteiger partial charge on any atom is -0.459 e. The maximum absolute atomic E-state index is 11.7. The number of rotatable bonds is 3. The molecule has 0 saturated heterocycles. The molecule has 4 heteroatoms. The van der Waals surface area contributed by atoms with Gasteiger partial charge in [-0.2, -0.15) is 0 Å². The molecule has 2 atom stereocenters. The largest absolute Gasteiger partial charge is 0.459 e. The molecule has 0 unspecified atom stereocenters. The van der Waals surface area contributed by atoms with Gasteiger partial charge in [-0.15, -0.1) is 0 Å². The quantitative estimate of drug-likeness (QED) is 0.753. The third-order valence-corrected chi connectivity index (χ3v) is 1.72. The zero-order valence-corrected chi connectivity index (χ0v) is 11.5. The SMILES string of the molecule is C[C@H](OC(C)(C)C)[C@@H](N)C(=O)OC(C)(C)C. The Hall–Kier alpha value is -0.610. The van der Waals surface area contributed by atoms with Crippen LogP contribution in [0.1, 0.15) is 48.5 Å². The summed E-state index contributed by atoms with van der Waals surface area (Å²) in [5, 5.41) is 0. The average Bonchev–Trinajstić information content (AvgIpc) is 1.96. The van der Waals surface area contributed by atoms with Crippen LogP contribution in [-0.4, -0.2) is 29.3 Å². The zero-order valence-electron chi connectivity index (χ0n) is 11.5. The minimum atomic E-state index is -0.751. The molecular formula is C12H25NO3. The maximum Gasteiger partial charge on any atom is 0.326 e. The Bertz CT molecular complexity index is 238. The number of hydrogen-bond acceptors (Lipinski definition) is 4. The summed E-state index contributed by atoms with van der Waals surface area (Å²) in [6, 6.07) is -0.751. The van der Waals surface area contributed by atoms with Crippen LogP contribution in [0.15, 0.2) is 0 Å². The van der Waals surface area contributed by atoms with Gasteiger partial charge in [0.1, 0.15) is 11.6 Å². The highest BCUT2D eigenvalue weighted by Crippen LogP contribution is 2.15. The second-order valence-corrected chi connectivity index (χ2v) is 5.99. The highest BCUT2D eigenvalue weighted by molar-refractivity contribution is 5.76. The molecule has 0 fully saturated rings. The first-order valence-corrected chi connectivity index (χ1v) is 5.58. The first-order valence-electron chi connectivity index (χ1n) is 5.58. The molecule has 0 rings (SSSR count). The van der Waals surface area contributed by atoms with E-state index in [0.29, 0.717) is 0 Å². The highest BCUT2D eigenvalue weighted by atomic mass is 16.6. The van der Waals surface area contributed by atoms with Gasteiger partial charge >= 0.3 is 5.97 Å². The number of carbonyl (C=O) groups excluding carboxylic acids is 1. The van der Waals surface area contributed by atoms with Gasteiger partial charge in [-0.25, -0.2) is 0 Å². The summed E-state index contributed by atoms with van der Waals surface area (Å²) in [4.78, 5) is 11.7. The minimum absolute atomic E-state index is 0.320. The summed E-state index contributed by atoms with van der Waals surface area (Å²) < 4.78 is 10.8. The van der Waals surface area contributed by atoms with Crippen LogP contribution < -0.4 is 5.73 Å². The lowest BCUT2D eigenvalue weighted by Gasteiger charge is -2.29. The van der Waals surface area contributed by atoms with Gasteiger partial charge in [0.25, 0.3) is 0 Å². The summed E-state index contributed by atoms with van der Waals surface area (Å²) in [6.07, 6.45) is -0.366. The molecule has 0 bridgehead atoms. The van der Waals surface area contributed by atoms with Crippen molar-refractivity contribution in [3.63, 3.8) is 0 Å². The van der Waals surface area contributed by atoms with E-state index in [4.69, 9.17) is 15.2 Å². The number of nitrogens with two attached hydrogens (primary N) is 1. The lowest BCUT2D eigenvalue weighted by atomic mass is 10.1. The van der Waals surface area contributed by atoms with E-state index in [1.807, 2.05) is 41.5 Å². The number of esters is 1. The average molecular weight is 231 g/mol. The van der Waals surface area contributed by atoms with Crippen molar-refractivity contribution in [1.29, 1.82) is 0 Å². The van der Waals surface area contributed by atoms with Gasteiger partial charge in [-0.1, -0.05) is 0 Å². The van der Waals surface area contributed by atoms with E-state index in [1.54, 1.807) is 6.92 Å². The third-order valence-electron chi connectivity index (χ3n) is 1.72. The van der Waals surface area contributed by atoms with Crippen molar-refractivity contribution in [2.24, 2.45) is 5.73 Å². The second-order valence-electron chi connectivity index (χ2n) is 5.99. The molecule has 0 aliphatic rings. The van der Waals surface area contributed by atoms with Crippen LogP contribution in [0, 0.1) is 0 Å². The van der Waals surface area contributed by atoms with Gasteiger partial charge in [0.2, 0.25) is 0 Å². The first kappa shape index (κ1) is 15.4. The smallest absolute Gasteiger partial charge is 0.326 e. The number of carbonyl (C=O) groups is 1. The van der Waals surface area contributed by atoms with Crippen molar-refractivity contribution in [3.8, 4) is 0 Å². The Morgan fingerprint density at radius 1 is 1.06 bits per heavy atom. The van der Waals surface area contributed by atoms with E-state index >= 15 is 0 Å². The molecule has 0 heterocycles. The predicted octanol–water partition coefficient (Wildman–Crippen LogP) is 1.86. The van der Waals surface area contributed by atoms with Crippen molar-refractivity contribution in [2.75, 3.05) is 0 Å². The van der Waals surface area contributed by atoms with Crippen LogP contribution in [0.4, 0.5) is 0 Å². The van der Waals surface area contributed by atoms with E-state index in [2.05, 4.69) is 0 Å². The summed E-state index contributed by atoms with van der Waals surface area (Å²) in [5.74, 6) is -0.427. The molecule has 2 N–H and O–H groups in total. The van der Waals surface area contributed by atoms with Crippen molar-refractivity contribution >= 4 is 5.97 Å². The molecule has 0 aromatic carbocycles. The van der Waals surface area contributed by atoms with Crippen molar-refractivity contribution < 1.29 is 14.3 Å². The van der Waals surface area contributed by atoms with Crippen LogP contribution in [0.3, 0.4) is 0 Å². The molecule has 96 valence electrons. The van der Waals surface area contributed by atoms with Crippen molar-refractivity contribution in [3.05, 3.63) is 0 Å². The van der Waals surface area contributed by atoms with Crippen molar-refractivity contribution in [1.82, 2.24) is 0 Å². The lowest BCUT2D eigenvalue weighted by Crippen LogP contribution is -2.47. The van der Waals surface area contributed by atoms with Crippen LogP contribution in [0.2, 0.25) is 0 Å². The molecule has 0 radical (unpaired) electrons. The van der Waals surface area contributed by atoms with E-state index in [-0.39, 0.29) is 11.7 Å². The Kier molecular flexibility index (Phi) is 4.95. The number of ether oxygens (including phenoxy) is 2. The predicted molar refractivity (Wildman–Crippen MR) is 64.1 cm³/mol. The molecular weight excluding hydrogens is 206 g/mol. The van der Waals surface area contributed by atoms with Crippen LogP contribution in [0.5, 0.6) is 0 Å². The van der Waals surface area contributed by atoms with E-state index in [0.717, 1.165) is 0 Å². The fourth-order valence-electron chi connectivity index (χ4n) is 1.19. The van der Waals surface area contributed by atoms with Gasteiger partial charge in [0, 0.05) is 0 Å². The molecule has 0 aromatic heterocycles. The molecule has 0 aliphatic heterocycles. The van der Waals surface area contributed by atoms with Gasteiger partial charge in [0.15, 0.2) is 0 Å². The summed E-state index contributed by atoms with van der Waals surface area (Å²) >= 11 is 0. The highest BCUT2D eigenvalue weighted by Gasteiger charge is 2.29. The van der Waals surface area contributed by atoms with E-state index in [1.165, 1.54) is 0 Å². The molecule has 0 amide bonds. The summed E-state index contributed by atoms with van der Waals surface area (Å²) in [6.45, 7) is 13.0. The first-order chi connectivity index (χ1) is 6.92. The normalized spacial score (nSPS) is 16.8.